The summed E-state index contributed by atoms with van der Waals surface area (Å²) in [6.07, 6.45) is -4.47. The molecule has 210 valence electrons. The number of hydrogen-bond donors (Lipinski definition) is 1. The number of amides is 1. The molecule has 0 bridgehead atoms. The van der Waals surface area contributed by atoms with Gasteiger partial charge in [-0.1, -0.05) is 24.3 Å². The van der Waals surface area contributed by atoms with Gasteiger partial charge in [0.15, 0.2) is 5.78 Å². The molecule has 0 aromatic heterocycles. The zero-order chi connectivity index (χ0) is 28.1. The number of aromatic hydroxyl groups is 1. The number of likely N-dealkylation sites (tertiary alicyclic amines) is 3. The summed E-state index contributed by atoms with van der Waals surface area (Å²) < 4.78 is 56.6. The van der Waals surface area contributed by atoms with Gasteiger partial charge in [0.05, 0.1) is 5.92 Å². The predicted octanol–water partition coefficient (Wildman–Crippen LogP) is 4.22. The largest absolute Gasteiger partial charge is 0.508 e. The molecule has 0 unspecified atom stereocenters. The Kier molecular flexibility index (Phi) is 7.45. The Labute approximate surface area is 225 Å². The van der Waals surface area contributed by atoms with E-state index < -0.39 is 41.7 Å². The van der Waals surface area contributed by atoms with Gasteiger partial charge in [-0.05, 0) is 56.1 Å². The van der Waals surface area contributed by atoms with Crippen molar-refractivity contribution in [3.8, 4) is 5.75 Å². The SMILES string of the molecule is Cc1c(F)cccc1[C@@H]1[C@@H](C(=O)c2cccc(O)c2)CN(C2CN(C)C2)C[C@H]1C(=O)N1CCC[C@H]1C(F)(F)F. The van der Waals surface area contributed by atoms with E-state index in [1.165, 1.54) is 24.3 Å². The van der Waals surface area contributed by atoms with Gasteiger partial charge in [0, 0.05) is 56.2 Å². The highest BCUT2D eigenvalue weighted by Crippen LogP contribution is 2.44. The standard InChI is InChI=1S/C29H33F4N3O3/c1-17-21(8-4-9-24(17)30)26-22(27(38)18-6-3-7-20(37)12-18)15-35(19-13-34(2)14-19)16-23(26)28(39)36-11-5-10-25(36)29(31,32)33/h3-4,6-9,12,19,22-23,25-26,37H,5,10-11,13-16H2,1-2H3/t22-,23+,25-,26+/m0/s1. The summed E-state index contributed by atoms with van der Waals surface area (Å²) in [5.74, 6) is -4.19. The van der Waals surface area contributed by atoms with E-state index in [0.29, 0.717) is 18.7 Å². The minimum absolute atomic E-state index is 0.00823. The highest BCUT2D eigenvalue weighted by Gasteiger charge is 2.53. The summed E-state index contributed by atoms with van der Waals surface area (Å²) in [6, 6.07) is 8.57. The zero-order valence-corrected chi connectivity index (χ0v) is 22.0. The van der Waals surface area contributed by atoms with E-state index in [4.69, 9.17) is 0 Å². The van der Waals surface area contributed by atoms with Crippen LogP contribution in [-0.2, 0) is 4.79 Å². The number of piperidine rings is 1. The minimum Gasteiger partial charge on any atom is -0.508 e. The molecule has 0 saturated carbocycles. The van der Waals surface area contributed by atoms with E-state index in [9.17, 15) is 32.3 Å². The number of carbonyl (C=O) groups excluding carboxylic acids is 2. The molecule has 6 nitrogen and oxygen atoms in total. The lowest BCUT2D eigenvalue weighted by Gasteiger charge is -2.51. The molecule has 1 N–H and O–H groups in total. The maximum Gasteiger partial charge on any atom is 0.408 e. The van der Waals surface area contributed by atoms with Crippen molar-refractivity contribution in [3.05, 3.63) is 65.0 Å². The number of nitrogens with zero attached hydrogens (tertiary/aromatic N) is 3. The summed E-state index contributed by atoms with van der Waals surface area (Å²) in [5.41, 5.74) is 0.979. The van der Waals surface area contributed by atoms with Crippen molar-refractivity contribution < 1.29 is 32.3 Å². The van der Waals surface area contributed by atoms with Gasteiger partial charge in [-0.15, -0.1) is 0 Å². The molecule has 4 atom stereocenters. The van der Waals surface area contributed by atoms with Crippen molar-refractivity contribution >= 4 is 11.7 Å². The van der Waals surface area contributed by atoms with Crippen LogP contribution < -0.4 is 0 Å². The lowest BCUT2D eigenvalue weighted by molar-refractivity contribution is -0.186. The molecule has 3 heterocycles. The third-order valence-corrected chi connectivity index (χ3v) is 8.66. The summed E-state index contributed by atoms with van der Waals surface area (Å²) in [7, 11) is 1.95. The van der Waals surface area contributed by atoms with Crippen LogP contribution in [0.25, 0.3) is 0 Å². The monoisotopic (exact) mass is 547 g/mol. The maximum atomic E-state index is 14.8. The smallest absolute Gasteiger partial charge is 0.408 e. The Morgan fingerprint density at radius 2 is 1.69 bits per heavy atom. The number of ketones is 1. The van der Waals surface area contributed by atoms with E-state index in [1.54, 1.807) is 25.1 Å². The summed E-state index contributed by atoms with van der Waals surface area (Å²) in [5, 5.41) is 10.0. The molecule has 3 aliphatic rings. The molecule has 2 aromatic carbocycles. The second-order valence-corrected chi connectivity index (χ2v) is 11.2. The van der Waals surface area contributed by atoms with Crippen molar-refractivity contribution in [1.82, 2.24) is 14.7 Å². The Hall–Kier alpha value is -2.98. The Balaban J connectivity index is 1.61. The van der Waals surface area contributed by atoms with Crippen molar-refractivity contribution in [2.45, 2.75) is 43.9 Å². The first kappa shape index (κ1) is 27.6. The number of Topliss-reactive ketones (excluding diaryl/α,β-unsaturated/α-hetero) is 1. The van der Waals surface area contributed by atoms with Crippen LogP contribution in [0.1, 0.15) is 40.2 Å². The fourth-order valence-corrected chi connectivity index (χ4v) is 6.64. The molecular formula is C29H33F4N3O3. The molecule has 1 amide bonds. The zero-order valence-electron chi connectivity index (χ0n) is 22.0. The van der Waals surface area contributed by atoms with E-state index in [1.807, 2.05) is 11.9 Å². The van der Waals surface area contributed by atoms with Gasteiger partial charge >= 0.3 is 6.18 Å². The van der Waals surface area contributed by atoms with E-state index in [-0.39, 0.29) is 61.2 Å². The third-order valence-electron chi connectivity index (χ3n) is 8.66. The van der Waals surface area contributed by atoms with Gasteiger partial charge in [-0.3, -0.25) is 14.5 Å². The van der Waals surface area contributed by atoms with Crippen LogP contribution in [0.5, 0.6) is 5.75 Å². The van der Waals surface area contributed by atoms with Gasteiger partial charge in [0.25, 0.3) is 0 Å². The van der Waals surface area contributed by atoms with E-state index in [2.05, 4.69) is 4.90 Å². The minimum atomic E-state index is -4.56. The number of phenols is 1. The van der Waals surface area contributed by atoms with Gasteiger partial charge in [-0.25, -0.2) is 4.39 Å². The number of phenolic OH excluding ortho intramolecular Hbond substituents is 1. The topological polar surface area (TPSA) is 64.1 Å². The number of hydrogen-bond acceptors (Lipinski definition) is 5. The predicted molar refractivity (Wildman–Crippen MR) is 137 cm³/mol. The molecule has 5 rings (SSSR count). The van der Waals surface area contributed by atoms with Gasteiger partial charge in [0.1, 0.15) is 17.6 Å². The van der Waals surface area contributed by atoms with Crippen molar-refractivity contribution in [3.63, 3.8) is 0 Å². The first-order valence-corrected chi connectivity index (χ1v) is 13.3. The van der Waals surface area contributed by atoms with Gasteiger partial charge < -0.3 is 14.9 Å². The average molecular weight is 548 g/mol. The van der Waals surface area contributed by atoms with Gasteiger partial charge in [-0.2, -0.15) is 13.2 Å². The molecule has 39 heavy (non-hydrogen) atoms. The molecule has 3 aliphatic heterocycles. The molecule has 3 saturated heterocycles. The highest BCUT2D eigenvalue weighted by molar-refractivity contribution is 5.99. The third kappa shape index (κ3) is 5.28. The second-order valence-electron chi connectivity index (χ2n) is 11.2. The number of halogens is 4. The Bertz CT molecular complexity index is 1250. The van der Waals surface area contributed by atoms with Crippen LogP contribution in [0.15, 0.2) is 42.5 Å². The van der Waals surface area contributed by atoms with Crippen LogP contribution in [0.2, 0.25) is 0 Å². The number of carbonyl (C=O) groups is 2. The van der Waals surface area contributed by atoms with Crippen molar-refractivity contribution in [1.29, 1.82) is 0 Å². The van der Waals surface area contributed by atoms with Crippen LogP contribution in [0, 0.1) is 24.6 Å². The van der Waals surface area contributed by atoms with Gasteiger partial charge in [0.2, 0.25) is 5.91 Å². The maximum absolute atomic E-state index is 14.8. The van der Waals surface area contributed by atoms with E-state index >= 15 is 0 Å². The van der Waals surface area contributed by atoms with Crippen molar-refractivity contribution in [2.24, 2.45) is 11.8 Å². The number of rotatable bonds is 5. The molecule has 10 heteroatoms. The Morgan fingerprint density at radius 3 is 2.36 bits per heavy atom. The average Bonchev–Trinajstić information content (AvgIpc) is 3.38. The van der Waals surface area contributed by atoms with Crippen molar-refractivity contribution in [2.75, 3.05) is 39.8 Å². The first-order chi connectivity index (χ1) is 18.5. The summed E-state index contributed by atoms with van der Waals surface area (Å²) in [4.78, 5) is 33.2. The molecule has 0 aliphatic carbocycles. The quantitative estimate of drug-likeness (QED) is 0.449. The van der Waals surface area contributed by atoms with Crippen LogP contribution in [0.4, 0.5) is 17.6 Å². The number of likely N-dealkylation sites (N-methyl/N-ethyl adjacent to an activating group) is 1. The molecular weight excluding hydrogens is 514 g/mol. The fraction of sp³-hybridized carbons (Fsp3) is 0.517. The normalized spacial score (nSPS) is 27.0. The number of alkyl halides is 3. The highest BCUT2D eigenvalue weighted by atomic mass is 19.4. The lowest BCUT2D eigenvalue weighted by Crippen LogP contribution is -2.64. The first-order valence-electron chi connectivity index (χ1n) is 13.3. The lowest BCUT2D eigenvalue weighted by atomic mass is 9.69. The van der Waals surface area contributed by atoms with E-state index in [0.717, 1.165) is 4.90 Å². The number of benzene rings is 2. The molecule has 3 fully saturated rings. The van der Waals surface area contributed by atoms with Crippen LogP contribution >= 0.6 is 0 Å². The summed E-state index contributed by atoms with van der Waals surface area (Å²) in [6.45, 7) is 3.46. The molecule has 0 spiro atoms. The summed E-state index contributed by atoms with van der Waals surface area (Å²) >= 11 is 0. The Morgan fingerprint density at radius 1 is 1.00 bits per heavy atom. The molecule has 0 radical (unpaired) electrons. The van der Waals surface area contributed by atoms with Crippen LogP contribution in [0.3, 0.4) is 0 Å². The second kappa shape index (κ2) is 10.5. The fourth-order valence-electron chi connectivity index (χ4n) is 6.64. The van der Waals surface area contributed by atoms with Crippen LogP contribution in [-0.4, -0.2) is 89.5 Å². The molecule has 2 aromatic rings.